The van der Waals surface area contributed by atoms with E-state index in [1.807, 2.05) is 12.1 Å². The molecule has 0 aliphatic heterocycles. The lowest BCUT2D eigenvalue weighted by Crippen LogP contribution is -1.72. The van der Waals surface area contributed by atoms with Gasteiger partial charge in [0.25, 0.3) is 0 Å². The Kier molecular flexibility index (Phi) is 1.66. The minimum absolute atomic E-state index is 0.202. The van der Waals surface area contributed by atoms with Gasteiger partial charge in [0.05, 0.1) is 14.6 Å². The van der Waals surface area contributed by atoms with Gasteiger partial charge in [-0.05, 0) is 23.6 Å². The summed E-state index contributed by atoms with van der Waals surface area (Å²) in [6.07, 6.45) is 0. The molecule has 12 heavy (non-hydrogen) atoms. The van der Waals surface area contributed by atoms with Crippen LogP contribution in [0.1, 0.15) is 0 Å². The zero-order chi connectivity index (χ0) is 8.72. The monoisotopic (exact) mass is 197 g/mol. The Morgan fingerprint density at radius 1 is 1.42 bits per heavy atom. The molecule has 0 atom stereocenters. The highest BCUT2D eigenvalue weighted by Gasteiger charge is 2.05. The van der Waals surface area contributed by atoms with Gasteiger partial charge in [0.1, 0.15) is 5.75 Å². The molecule has 0 fully saturated rings. The van der Waals surface area contributed by atoms with Crippen LogP contribution in [-0.4, -0.2) is 5.11 Å². The van der Waals surface area contributed by atoms with E-state index in [4.69, 9.17) is 5.73 Å². The van der Waals surface area contributed by atoms with Crippen LogP contribution in [0.15, 0.2) is 23.1 Å². The van der Waals surface area contributed by atoms with E-state index < -0.39 is 0 Å². The van der Waals surface area contributed by atoms with Gasteiger partial charge in [-0.3, -0.25) is 0 Å². The Bertz CT molecular complexity index is 436. The number of nitrogen functional groups attached to an aromatic ring is 1. The first-order valence-electron chi connectivity index (χ1n) is 3.38. The van der Waals surface area contributed by atoms with Gasteiger partial charge in [-0.1, -0.05) is 0 Å². The summed E-state index contributed by atoms with van der Waals surface area (Å²) >= 11 is 5.62. The molecule has 0 saturated heterocycles. The van der Waals surface area contributed by atoms with Crippen molar-refractivity contribution < 1.29 is 5.11 Å². The highest BCUT2D eigenvalue weighted by Crippen LogP contribution is 2.36. The van der Waals surface area contributed by atoms with Crippen molar-refractivity contribution in [3.63, 3.8) is 0 Å². The first kappa shape index (κ1) is 7.76. The third-order valence-electron chi connectivity index (χ3n) is 1.66. The second kappa shape index (κ2) is 2.57. The number of phenolic OH excluding ortho intramolecular Hbond substituents is 1. The smallest absolute Gasteiger partial charge is 0.130 e. The maximum Gasteiger partial charge on any atom is 0.130 e. The Labute approximate surface area is 79.0 Å². The lowest BCUT2D eigenvalue weighted by Gasteiger charge is -1.96. The van der Waals surface area contributed by atoms with Gasteiger partial charge >= 0.3 is 0 Å². The number of hydrogen-bond donors (Lipinski definition) is 3. The topological polar surface area (TPSA) is 46.2 Å². The van der Waals surface area contributed by atoms with E-state index in [0.29, 0.717) is 4.90 Å². The Balaban J connectivity index is 2.89. The number of phenols is 1. The van der Waals surface area contributed by atoms with Gasteiger partial charge < -0.3 is 10.8 Å². The normalized spacial score (nSPS) is 10.8. The maximum atomic E-state index is 9.32. The van der Waals surface area contributed by atoms with Crippen molar-refractivity contribution in [2.24, 2.45) is 0 Å². The second-order valence-corrected chi connectivity index (χ2v) is 4.03. The SMILES string of the molecule is Nc1cc2ccc(O)c(S)c2s1. The summed E-state index contributed by atoms with van der Waals surface area (Å²) in [5.41, 5.74) is 5.61. The number of benzene rings is 1. The summed E-state index contributed by atoms with van der Waals surface area (Å²) in [5.74, 6) is 0.202. The van der Waals surface area contributed by atoms with Crippen molar-refractivity contribution in [2.75, 3.05) is 5.73 Å². The van der Waals surface area contributed by atoms with Crippen LogP contribution in [0.25, 0.3) is 10.1 Å². The summed E-state index contributed by atoms with van der Waals surface area (Å²) in [7, 11) is 0. The highest BCUT2D eigenvalue weighted by atomic mass is 32.1. The number of thiophene rings is 1. The predicted molar refractivity (Wildman–Crippen MR) is 55.2 cm³/mol. The van der Waals surface area contributed by atoms with E-state index in [1.165, 1.54) is 11.3 Å². The van der Waals surface area contributed by atoms with E-state index in [0.717, 1.165) is 15.1 Å². The number of anilines is 1. The number of thiol groups is 1. The summed E-state index contributed by atoms with van der Waals surface area (Å²) in [5, 5.41) is 11.1. The summed E-state index contributed by atoms with van der Waals surface area (Å²) in [4.78, 5) is 0.606. The molecule has 0 spiro atoms. The molecule has 0 aliphatic rings. The van der Waals surface area contributed by atoms with Gasteiger partial charge in [-0.25, -0.2) is 0 Å². The van der Waals surface area contributed by atoms with E-state index >= 15 is 0 Å². The standard InChI is InChI=1S/C8H7NOS2/c9-6-3-4-1-2-5(10)7(11)8(4)12-6/h1-3,10-11H,9H2. The molecule has 3 N–H and O–H groups in total. The number of nitrogens with two attached hydrogens (primary N) is 1. The molecule has 0 saturated carbocycles. The van der Waals surface area contributed by atoms with Crippen LogP contribution in [0.5, 0.6) is 5.75 Å². The average Bonchev–Trinajstić information content (AvgIpc) is 2.39. The third-order valence-corrected chi connectivity index (χ3v) is 3.26. The minimum Gasteiger partial charge on any atom is -0.507 e. The summed E-state index contributed by atoms with van der Waals surface area (Å²) in [6.45, 7) is 0. The molecule has 2 aromatic rings. The van der Waals surface area contributed by atoms with E-state index in [1.54, 1.807) is 6.07 Å². The van der Waals surface area contributed by atoms with Gasteiger partial charge in [0.15, 0.2) is 0 Å². The fourth-order valence-corrected chi connectivity index (χ4v) is 2.31. The fraction of sp³-hybridized carbons (Fsp3) is 0. The maximum absolute atomic E-state index is 9.32. The lowest BCUT2D eigenvalue weighted by molar-refractivity contribution is 0.464. The highest BCUT2D eigenvalue weighted by molar-refractivity contribution is 7.81. The van der Waals surface area contributed by atoms with Crippen molar-refractivity contribution in [2.45, 2.75) is 4.90 Å². The van der Waals surface area contributed by atoms with Crippen molar-refractivity contribution in [3.8, 4) is 5.75 Å². The lowest BCUT2D eigenvalue weighted by atomic mass is 10.2. The van der Waals surface area contributed by atoms with Crippen molar-refractivity contribution in [1.82, 2.24) is 0 Å². The summed E-state index contributed by atoms with van der Waals surface area (Å²) in [6, 6.07) is 5.33. The largest absolute Gasteiger partial charge is 0.507 e. The van der Waals surface area contributed by atoms with Crippen LogP contribution in [0, 0.1) is 0 Å². The zero-order valence-corrected chi connectivity index (χ0v) is 7.82. The van der Waals surface area contributed by atoms with E-state index in [-0.39, 0.29) is 5.75 Å². The van der Waals surface area contributed by atoms with Crippen LogP contribution in [0.2, 0.25) is 0 Å². The number of aromatic hydroxyl groups is 1. The molecule has 2 nitrogen and oxygen atoms in total. The third kappa shape index (κ3) is 1.04. The van der Waals surface area contributed by atoms with Crippen LogP contribution in [-0.2, 0) is 0 Å². The van der Waals surface area contributed by atoms with Crippen LogP contribution < -0.4 is 5.73 Å². The number of fused-ring (bicyclic) bond motifs is 1. The molecule has 0 amide bonds. The summed E-state index contributed by atoms with van der Waals surface area (Å²) < 4.78 is 0.941. The first-order valence-corrected chi connectivity index (χ1v) is 4.65. The van der Waals surface area contributed by atoms with Crippen molar-refractivity contribution in [3.05, 3.63) is 18.2 Å². The molecule has 0 bridgehead atoms. The molecule has 2 rings (SSSR count). The molecule has 0 aliphatic carbocycles. The molecule has 0 unspecified atom stereocenters. The molecule has 1 aromatic carbocycles. The molecule has 1 aromatic heterocycles. The van der Waals surface area contributed by atoms with Crippen LogP contribution in [0.4, 0.5) is 5.00 Å². The molecular weight excluding hydrogens is 190 g/mol. The second-order valence-electron chi connectivity index (χ2n) is 2.50. The van der Waals surface area contributed by atoms with Gasteiger partial charge in [-0.2, -0.15) is 0 Å². The molecule has 62 valence electrons. The number of hydrogen-bond acceptors (Lipinski definition) is 4. The fourth-order valence-electron chi connectivity index (χ4n) is 1.10. The van der Waals surface area contributed by atoms with Crippen LogP contribution >= 0.6 is 24.0 Å². The quantitative estimate of drug-likeness (QED) is 0.568. The van der Waals surface area contributed by atoms with Gasteiger partial charge in [0, 0.05) is 0 Å². The van der Waals surface area contributed by atoms with Crippen molar-refractivity contribution in [1.29, 1.82) is 0 Å². The molecular formula is C8H7NOS2. The zero-order valence-electron chi connectivity index (χ0n) is 6.11. The average molecular weight is 197 g/mol. The Morgan fingerprint density at radius 3 is 2.92 bits per heavy atom. The molecule has 4 heteroatoms. The Morgan fingerprint density at radius 2 is 2.17 bits per heavy atom. The van der Waals surface area contributed by atoms with Crippen LogP contribution in [0.3, 0.4) is 0 Å². The van der Waals surface area contributed by atoms with E-state index in [2.05, 4.69) is 12.6 Å². The predicted octanol–water partition coefficient (Wildman–Crippen LogP) is 2.48. The molecule has 1 heterocycles. The first-order chi connectivity index (χ1) is 5.68. The van der Waals surface area contributed by atoms with Gasteiger partial charge in [0.2, 0.25) is 0 Å². The minimum atomic E-state index is 0.202. The van der Waals surface area contributed by atoms with Crippen molar-refractivity contribution >= 4 is 39.1 Å². The Hall–Kier alpha value is -0.870. The molecule has 0 radical (unpaired) electrons. The van der Waals surface area contributed by atoms with E-state index in [9.17, 15) is 5.11 Å². The van der Waals surface area contributed by atoms with Gasteiger partial charge in [-0.15, -0.1) is 24.0 Å². The number of rotatable bonds is 0.